The van der Waals surface area contributed by atoms with Gasteiger partial charge in [0.15, 0.2) is 5.96 Å². The zero-order valence-electron chi connectivity index (χ0n) is 14.4. The highest BCUT2D eigenvalue weighted by Crippen LogP contribution is 2.36. The van der Waals surface area contributed by atoms with Gasteiger partial charge in [0.1, 0.15) is 0 Å². The minimum Gasteiger partial charge on any atom is -0.357 e. The molecule has 1 unspecified atom stereocenters. The smallest absolute Gasteiger partial charge is 0.220 e. The SMILES string of the molecule is CCNC(=NCCC1=CCCC1)N1CCCC2(CNC(=O)C2)C1. The molecule has 23 heavy (non-hydrogen) atoms. The molecule has 5 heteroatoms. The number of aliphatic imine (C=N–C) groups is 1. The van der Waals surface area contributed by atoms with E-state index in [1.807, 2.05) is 0 Å². The summed E-state index contributed by atoms with van der Waals surface area (Å²) in [4.78, 5) is 18.9. The van der Waals surface area contributed by atoms with Crippen LogP contribution in [0.25, 0.3) is 0 Å². The van der Waals surface area contributed by atoms with Crippen molar-refractivity contribution in [3.63, 3.8) is 0 Å². The van der Waals surface area contributed by atoms with Crippen LogP contribution in [0.2, 0.25) is 0 Å². The molecule has 0 radical (unpaired) electrons. The van der Waals surface area contributed by atoms with Gasteiger partial charge >= 0.3 is 0 Å². The highest BCUT2D eigenvalue weighted by molar-refractivity contribution is 5.81. The Morgan fingerprint density at radius 1 is 1.48 bits per heavy atom. The van der Waals surface area contributed by atoms with E-state index >= 15 is 0 Å². The van der Waals surface area contributed by atoms with Crippen LogP contribution in [0.1, 0.15) is 51.9 Å². The molecule has 2 fully saturated rings. The standard InChI is InChI=1S/C18H30N4O/c1-2-19-17(20-10-8-15-6-3-4-7-15)22-11-5-9-18(14-22)12-16(23)21-13-18/h6H,2-5,7-14H2,1H3,(H,19,20)(H,21,23). The molecule has 0 bridgehead atoms. The Kier molecular flexibility index (Phi) is 5.23. The Morgan fingerprint density at radius 2 is 2.39 bits per heavy atom. The van der Waals surface area contributed by atoms with Crippen LogP contribution in [0.5, 0.6) is 0 Å². The lowest BCUT2D eigenvalue weighted by atomic mass is 9.79. The summed E-state index contributed by atoms with van der Waals surface area (Å²) in [6.07, 6.45) is 10.3. The molecule has 2 heterocycles. The summed E-state index contributed by atoms with van der Waals surface area (Å²) < 4.78 is 0. The van der Waals surface area contributed by atoms with Gasteiger partial charge in [0.2, 0.25) is 5.91 Å². The number of carbonyl (C=O) groups is 1. The quantitative estimate of drug-likeness (QED) is 0.474. The van der Waals surface area contributed by atoms with Crippen molar-refractivity contribution >= 4 is 11.9 Å². The van der Waals surface area contributed by atoms with E-state index in [1.165, 1.54) is 19.3 Å². The molecule has 0 aromatic carbocycles. The summed E-state index contributed by atoms with van der Waals surface area (Å²) in [7, 11) is 0. The molecule has 0 saturated carbocycles. The fraction of sp³-hybridized carbons (Fsp3) is 0.778. The van der Waals surface area contributed by atoms with Gasteiger partial charge in [-0.25, -0.2) is 0 Å². The van der Waals surface area contributed by atoms with Gasteiger partial charge in [0.05, 0.1) is 0 Å². The van der Waals surface area contributed by atoms with Crippen molar-refractivity contribution in [2.45, 2.75) is 51.9 Å². The van der Waals surface area contributed by atoms with Crippen LogP contribution >= 0.6 is 0 Å². The normalized spacial score (nSPS) is 28.2. The third-order valence-electron chi connectivity index (χ3n) is 5.32. The van der Waals surface area contributed by atoms with E-state index in [1.54, 1.807) is 5.57 Å². The highest BCUT2D eigenvalue weighted by atomic mass is 16.1. The second-order valence-electron chi connectivity index (χ2n) is 7.22. The Bertz CT molecular complexity index is 499. The maximum Gasteiger partial charge on any atom is 0.220 e. The van der Waals surface area contributed by atoms with E-state index in [9.17, 15) is 4.79 Å². The van der Waals surface area contributed by atoms with E-state index in [-0.39, 0.29) is 11.3 Å². The highest BCUT2D eigenvalue weighted by Gasteiger charge is 2.42. The topological polar surface area (TPSA) is 56.7 Å². The van der Waals surface area contributed by atoms with Crippen molar-refractivity contribution < 1.29 is 4.79 Å². The summed E-state index contributed by atoms with van der Waals surface area (Å²) >= 11 is 0. The van der Waals surface area contributed by atoms with Gasteiger partial charge in [-0.2, -0.15) is 0 Å². The summed E-state index contributed by atoms with van der Waals surface area (Å²) in [6, 6.07) is 0. The molecular formula is C18H30N4O. The lowest BCUT2D eigenvalue weighted by molar-refractivity contribution is -0.119. The van der Waals surface area contributed by atoms with Crippen molar-refractivity contribution in [2.75, 3.05) is 32.7 Å². The number of carbonyl (C=O) groups excluding carboxylic acids is 1. The average Bonchev–Trinajstić information content (AvgIpc) is 3.17. The first-order valence-corrected chi connectivity index (χ1v) is 9.19. The molecule has 0 aromatic rings. The molecule has 2 saturated heterocycles. The van der Waals surface area contributed by atoms with Gasteiger partial charge in [-0.1, -0.05) is 11.6 Å². The number of hydrogen-bond acceptors (Lipinski definition) is 2. The molecular weight excluding hydrogens is 288 g/mol. The predicted molar refractivity (Wildman–Crippen MR) is 93.4 cm³/mol. The third-order valence-corrected chi connectivity index (χ3v) is 5.32. The lowest BCUT2D eigenvalue weighted by Gasteiger charge is -2.40. The van der Waals surface area contributed by atoms with Crippen LogP contribution in [0.15, 0.2) is 16.6 Å². The maximum absolute atomic E-state index is 11.7. The molecule has 5 nitrogen and oxygen atoms in total. The van der Waals surface area contributed by atoms with Crippen molar-refractivity contribution in [3.8, 4) is 0 Å². The fourth-order valence-corrected chi connectivity index (χ4v) is 4.12. The van der Waals surface area contributed by atoms with Gasteiger partial charge in [0.25, 0.3) is 0 Å². The van der Waals surface area contributed by atoms with E-state index in [0.717, 1.165) is 57.9 Å². The van der Waals surface area contributed by atoms with Gasteiger partial charge in [-0.15, -0.1) is 0 Å². The first-order chi connectivity index (χ1) is 11.2. The number of nitrogens with one attached hydrogen (secondary N) is 2. The van der Waals surface area contributed by atoms with Crippen LogP contribution in [0, 0.1) is 5.41 Å². The van der Waals surface area contributed by atoms with Crippen molar-refractivity contribution in [1.29, 1.82) is 0 Å². The summed E-state index contributed by atoms with van der Waals surface area (Å²) in [6.45, 7) is 6.70. The summed E-state index contributed by atoms with van der Waals surface area (Å²) in [5, 5.41) is 6.46. The largest absolute Gasteiger partial charge is 0.357 e. The molecule has 1 atom stereocenters. The number of piperidine rings is 1. The monoisotopic (exact) mass is 318 g/mol. The number of hydrogen-bond donors (Lipinski definition) is 2. The zero-order valence-corrected chi connectivity index (χ0v) is 14.4. The molecule has 2 aliphatic heterocycles. The molecule has 2 N–H and O–H groups in total. The minimum absolute atomic E-state index is 0.125. The van der Waals surface area contributed by atoms with Crippen LogP contribution in [-0.4, -0.2) is 49.5 Å². The third kappa shape index (κ3) is 4.06. The molecule has 1 aliphatic carbocycles. The van der Waals surface area contributed by atoms with E-state index in [0.29, 0.717) is 6.42 Å². The van der Waals surface area contributed by atoms with Crippen molar-refractivity contribution in [2.24, 2.45) is 10.4 Å². The van der Waals surface area contributed by atoms with Gasteiger partial charge in [-0.05, 0) is 45.4 Å². The Labute approximate surface area is 139 Å². The van der Waals surface area contributed by atoms with Gasteiger partial charge < -0.3 is 15.5 Å². The zero-order chi connectivity index (χ0) is 16.1. The Hall–Kier alpha value is -1.52. The lowest BCUT2D eigenvalue weighted by Crippen LogP contribution is -2.51. The molecule has 3 aliphatic rings. The van der Waals surface area contributed by atoms with E-state index in [2.05, 4.69) is 28.5 Å². The van der Waals surface area contributed by atoms with Crippen LogP contribution in [0.4, 0.5) is 0 Å². The summed E-state index contributed by atoms with van der Waals surface area (Å²) in [5.74, 6) is 1.24. The number of likely N-dealkylation sites (tertiary alicyclic amines) is 1. The predicted octanol–water partition coefficient (Wildman–Crippen LogP) is 2.05. The first-order valence-electron chi connectivity index (χ1n) is 9.19. The van der Waals surface area contributed by atoms with Gasteiger partial charge in [0, 0.05) is 44.6 Å². The number of rotatable bonds is 4. The number of allylic oxidation sites excluding steroid dienone is 1. The number of guanidine groups is 1. The second kappa shape index (κ2) is 7.37. The fourth-order valence-electron chi connectivity index (χ4n) is 4.12. The molecule has 0 aromatic heterocycles. The Balaban J connectivity index is 1.61. The first kappa shape index (κ1) is 16.3. The van der Waals surface area contributed by atoms with Crippen molar-refractivity contribution in [3.05, 3.63) is 11.6 Å². The summed E-state index contributed by atoms with van der Waals surface area (Å²) in [5.41, 5.74) is 1.70. The van der Waals surface area contributed by atoms with E-state index < -0.39 is 0 Å². The number of nitrogens with zero attached hydrogens (tertiary/aromatic N) is 2. The minimum atomic E-state index is 0.125. The molecule has 3 rings (SSSR count). The van der Waals surface area contributed by atoms with Gasteiger partial charge in [-0.3, -0.25) is 9.79 Å². The van der Waals surface area contributed by atoms with E-state index in [4.69, 9.17) is 4.99 Å². The Morgan fingerprint density at radius 3 is 3.09 bits per heavy atom. The van der Waals surface area contributed by atoms with Crippen molar-refractivity contribution in [1.82, 2.24) is 15.5 Å². The number of amides is 1. The second-order valence-corrected chi connectivity index (χ2v) is 7.22. The molecule has 128 valence electrons. The van der Waals surface area contributed by atoms with Crippen LogP contribution in [-0.2, 0) is 4.79 Å². The molecule has 1 spiro atoms. The maximum atomic E-state index is 11.7. The van der Waals surface area contributed by atoms with Crippen LogP contribution in [0.3, 0.4) is 0 Å². The van der Waals surface area contributed by atoms with Crippen LogP contribution < -0.4 is 10.6 Å². The molecule has 1 amide bonds. The average molecular weight is 318 g/mol.